The normalized spacial score (nSPS) is 33.0. The van der Waals surface area contributed by atoms with Gasteiger partial charge >= 0.3 is 0 Å². The third-order valence-corrected chi connectivity index (χ3v) is 3.78. The highest BCUT2D eigenvalue weighted by molar-refractivity contribution is 4.97. The Labute approximate surface area is 77.9 Å². The van der Waals surface area contributed by atoms with E-state index >= 15 is 0 Å². The van der Waals surface area contributed by atoms with Crippen molar-refractivity contribution >= 4 is 0 Å². The summed E-state index contributed by atoms with van der Waals surface area (Å²) in [5, 5.41) is 3.13. The molecule has 1 heterocycles. The maximum atomic E-state index is 12.7. The van der Waals surface area contributed by atoms with Gasteiger partial charge in [-0.25, -0.2) is 8.78 Å². The number of rotatable bonds is 1. The first-order valence-corrected chi connectivity index (χ1v) is 5.23. The lowest BCUT2D eigenvalue weighted by atomic mass is 9.68. The maximum absolute atomic E-state index is 12.7. The van der Waals surface area contributed by atoms with Gasteiger partial charge in [0, 0.05) is 19.0 Å². The molecule has 76 valence electrons. The summed E-state index contributed by atoms with van der Waals surface area (Å²) in [6.07, 6.45) is 3.41. The Morgan fingerprint density at radius 3 is 2.46 bits per heavy atom. The molecule has 0 aromatic carbocycles. The van der Waals surface area contributed by atoms with Crippen LogP contribution in [0, 0.1) is 11.3 Å². The van der Waals surface area contributed by atoms with E-state index in [9.17, 15) is 8.78 Å². The fraction of sp³-hybridized carbons (Fsp3) is 1.00. The highest BCUT2D eigenvalue weighted by Crippen LogP contribution is 2.46. The van der Waals surface area contributed by atoms with Gasteiger partial charge in [-0.2, -0.15) is 0 Å². The van der Waals surface area contributed by atoms with E-state index in [-0.39, 0.29) is 11.3 Å². The van der Waals surface area contributed by atoms with Gasteiger partial charge in [-0.15, -0.1) is 0 Å². The first kappa shape index (κ1) is 9.38. The van der Waals surface area contributed by atoms with Gasteiger partial charge in [-0.3, -0.25) is 0 Å². The fourth-order valence-corrected chi connectivity index (χ4v) is 2.98. The summed E-state index contributed by atoms with van der Waals surface area (Å²) in [6, 6.07) is 0. The molecule has 0 aromatic heterocycles. The van der Waals surface area contributed by atoms with Crippen LogP contribution in [-0.2, 0) is 0 Å². The van der Waals surface area contributed by atoms with Crippen LogP contribution >= 0.6 is 0 Å². The number of alkyl halides is 2. The third-order valence-electron chi connectivity index (χ3n) is 3.78. The van der Waals surface area contributed by atoms with Crippen LogP contribution in [0.3, 0.4) is 0 Å². The molecule has 1 saturated carbocycles. The quantitative estimate of drug-likeness (QED) is 0.668. The molecule has 1 atom stereocenters. The first-order valence-electron chi connectivity index (χ1n) is 5.23. The van der Waals surface area contributed by atoms with Crippen LogP contribution in [0.25, 0.3) is 0 Å². The van der Waals surface area contributed by atoms with Crippen LogP contribution in [0.5, 0.6) is 0 Å². The highest BCUT2D eigenvalue weighted by atomic mass is 19.3. The van der Waals surface area contributed by atoms with Gasteiger partial charge in [0.15, 0.2) is 0 Å². The predicted octanol–water partition coefficient (Wildman–Crippen LogP) is 2.42. The van der Waals surface area contributed by atoms with E-state index in [1.165, 1.54) is 6.42 Å². The highest BCUT2D eigenvalue weighted by Gasteiger charge is 2.47. The largest absolute Gasteiger partial charge is 0.316 e. The molecule has 1 nitrogen and oxygen atoms in total. The molecule has 1 aliphatic carbocycles. The first-order chi connectivity index (χ1) is 6.25. The molecule has 2 rings (SSSR count). The molecular formula is C10H17F2N. The van der Waals surface area contributed by atoms with Gasteiger partial charge < -0.3 is 5.32 Å². The third kappa shape index (κ3) is 1.58. The van der Waals surface area contributed by atoms with Crippen molar-refractivity contribution in [1.82, 2.24) is 5.32 Å². The number of halogens is 2. The topological polar surface area (TPSA) is 12.0 Å². The zero-order valence-corrected chi connectivity index (χ0v) is 7.86. The van der Waals surface area contributed by atoms with Gasteiger partial charge in [0.1, 0.15) is 0 Å². The lowest BCUT2D eigenvalue weighted by Gasteiger charge is -2.37. The van der Waals surface area contributed by atoms with Crippen LogP contribution in [0.15, 0.2) is 0 Å². The van der Waals surface area contributed by atoms with Crippen molar-refractivity contribution in [2.24, 2.45) is 11.3 Å². The van der Waals surface area contributed by atoms with E-state index in [1.54, 1.807) is 0 Å². The molecule has 0 amide bonds. The Bertz CT molecular complexity index is 176. The van der Waals surface area contributed by atoms with E-state index < -0.39 is 6.43 Å². The Hall–Kier alpha value is -0.180. The average molecular weight is 189 g/mol. The predicted molar refractivity (Wildman–Crippen MR) is 47.9 cm³/mol. The minimum Gasteiger partial charge on any atom is -0.316 e. The molecule has 3 heteroatoms. The lowest BCUT2D eigenvalue weighted by molar-refractivity contribution is 0.00397. The summed E-state index contributed by atoms with van der Waals surface area (Å²) in [7, 11) is 0. The van der Waals surface area contributed by atoms with Crippen LogP contribution in [0.4, 0.5) is 8.78 Å². The molecule has 1 unspecified atom stereocenters. The number of hydrogen-bond donors (Lipinski definition) is 1. The van der Waals surface area contributed by atoms with E-state index in [1.807, 2.05) is 0 Å². The van der Waals surface area contributed by atoms with Gasteiger partial charge in [-0.05, 0) is 18.3 Å². The van der Waals surface area contributed by atoms with Crippen LogP contribution < -0.4 is 5.32 Å². The summed E-state index contributed by atoms with van der Waals surface area (Å²) in [5.74, 6) is -0.382. The van der Waals surface area contributed by atoms with Crippen molar-refractivity contribution in [3.8, 4) is 0 Å². The zero-order valence-electron chi connectivity index (χ0n) is 7.86. The second kappa shape index (κ2) is 3.52. The molecule has 2 fully saturated rings. The molecule has 0 bridgehead atoms. The number of hydrogen-bond acceptors (Lipinski definition) is 1. The average Bonchev–Trinajstić information content (AvgIpc) is 2.50. The summed E-state index contributed by atoms with van der Waals surface area (Å²) in [6.45, 7) is 1.35. The van der Waals surface area contributed by atoms with E-state index in [4.69, 9.17) is 0 Å². The Morgan fingerprint density at radius 1 is 1.15 bits per heavy atom. The van der Waals surface area contributed by atoms with Crippen molar-refractivity contribution in [1.29, 1.82) is 0 Å². The number of nitrogens with one attached hydrogen (secondary N) is 1. The van der Waals surface area contributed by atoms with E-state index in [0.29, 0.717) is 6.54 Å². The summed E-state index contributed by atoms with van der Waals surface area (Å²) in [4.78, 5) is 0. The van der Waals surface area contributed by atoms with Gasteiger partial charge in [-0.1, -0.05) is 19.3 Å². The van der Waals surface area contributed by atoms with Crippen LogP contribution in [-0.4, -0.2) is 19.5 Å². The molecule has 1 aliphatic heterocycles. The fourth-order valence-electron chi connectivity index (χ4n) is 2.98. The van der Waals surface area contributed by atoms with Crippen LogP contribution in [0.1, 0.15) is 32.1 Å². The van der Waals surface area contributed by atoms with Crippen molar-refractivity contribution in [3.05, 3.63) is 0 Å². The molecule has 0 aromatic rings. The molecule has 1 saturated heterocycles. The van der Waals surface area contributed by atoms with Crippen molar-refractivity contribution in [2.45, 2.75) is 38.5 Å². The zero-order chi connectivity index (χ0) is 9.31. The van der Waals surface area contributed by atoms with Crippen molar-refractivity contribution in [3.63, 3.8) is 0 Å². The van der Waals surface area contributed by atoms with Crippen molar-refractivity contribution < 1.29 is 8.78 Å². The van der Waals surface area contributed by atoms with Crippen molar-refractivity contribution in [2.75, 3.05) is 13.1 Å². The standard InChI is InChI=1S/C10H17F2N/c11-9(12)8-6-13-7-10(8)4-2-1-3-5-10/h8-9,13H,1-7H2. The Balaban J connectivity index is 2.09. The molecular weight excluding hydrogens is 172 g/mol. The maximum Gasteiger partial charge on any atom is 0.243 e. The molecule has 13 heavy (non-hydrogen) atoms. The summed E-state index contributed by atoms with van der Waals surface area (Å²) in [5.41, 5.74) is -0.0492. The Morgan fingerprint density at radius 2 is 1.85 bits per heavy atom. The minimum atomic E-state index is -2.13. The SMILES string of the molecule is FC(F)C1CNCC12CCCCC2. The van der Waals surface area contributed by atoms with E-state index in [2.05, 4.69) is 5.32 Å². The summed E-state index contributed by atoms with van der Waals surface area (Å²) < 4.78 is 25.5. The molecule has 1 spiro atoms. The summed E-state index contributed by atoms with van der Waals surface area (Å²) >= 11 is 0. The lowest BCUT2D eigenvalue weighted by Crippen LogP contribution is -2.36. The molecule has 2 aliphatic rings. The van der Waals surface area contributed by atoms with E-state index in [0.717, 1.165) is 32.2 Å². The minimum absolute atomic E-state index is 0.0492. The van der Waals surface area contributed by atoms with Gasteiger partial charge in [0.05, 0.1) is 0 Å². The molecule has 1 N–H and O–H groups in total. The van der Waals surface area contributed by atoms with Crippen LogP contribution in [0.2, 0.25) is 0 Å². The smallest absolute Gasteiger partial charge is 0.243 e. The molecule has 0 radical (unpaired) electrons. The Kier molecular flexibility index (Phi) is 2.54. The van der Waals surface area contributed by atoms with Gasteiger partial charge in [0.2, 0.25) is 6.43 Å². The second-order valence-electron chi connectivity index (χ2n) is 4.49. The van der Waals surface area contributed by atoms with Gasteiger partial charge in [0.25, 0.3) is 0 Å². The monoisotopic (exact) mass is 189 g/mol. The second-order valence-corrected chi connectivity index (χ2v) is 4.49.